The Morgan fingerprint density at radius 1 is 1.53 bits per heavy atom. The minimum atomic E-state index is -0.435. The van der Waals surface area contributed by atoms with E-state index in [0.717, 1.165) is 0 Å². The van der Waals surface area contributed by atoms with Gasteiger partial charge in [-0.3, -0.25) is 0 Å². The fraction of sp³-hybridized carbons (Fsp3) is 0.200. The molecule has 5 nitrogen and oxygen atoms in total. The highest BCUT2D eigenvalue weighted by Gasteiger charge is 2.13. The van der Waals surface area contributed by atoms with Crippen molar-refractivity contribution < 1.29 is 9.53 Å². The molecular weight excluding hydrogens is 262 g/mol. The van der Waals surface area contributed by atoms with Gasteiger partial charge in [0, 0.05) is 11.6 Å². The van der Waals surface area contributed by atoms with Gasteiger partial charge in [0.2, 0.25) is 5.28 Å². The van der Waals surface area contributed by atoms with Crippen molar-refractivity contribution in [3.05, 3.63) is 28.6 Å². The largest absolute Gasteiger partial charge is 0.461 e. The Morgan fingerprint density at radius 2 is 2.35 bits per heavy atom. The van der Waals surface area contributed by atoms with E-state index in [0.29, 0.717) is 17.3 Å². The molecule has 0 aliphatic carbocycles. The predicted octanol–water partition coefficient (Wildman–Crippen LogP) is 2.43. The van der Waals surface area contributed by atoms with Gasteiger partial charge in [-0.1, -0.05) is 0 Å². The van der Waals surface area contributed by atoms with Crippen molar-refractivity contribution >= 4 is 28.9 Å². The molecule has 2 rings (SSSR count). The molecule has 88 valence electrons. The molecule has 0 aromatic carbocycles. The number of esters is 1. The van der Waals surface area contributed by atoms with Gasteiger partial charge in [-0.2, -0.15) is 0 Å². The number of hydrogen-bond acceptors (Lipinski definition) is 6. The second-order valence-electron chi connectivity index (χ2n) is 2.97. The van der Waals surface area contributed by atoms with Gasteiger partial charge in [-0.05, 0) is 24.6 Å². The van der Waals surface area contributed by atoms with Crippen LogP contribution in [0, 0.1) is 0 Å². The Kier molecular flexibility index (Phi) is 3.65. The normalized spacial score (nSPS) is 10.2. The summed E-state index contributed by atoms with van der Waals surface area (Å²) in [5.41, 5.74) is 0.868. The number of aromatic nitrogens is 3. The molecule has 0 spiro atoms. The van der Waals surface area contributed by atoms with Gasteiger partial charge in [0.25, 0.3) is 0 Å². The first-order valence-corrected chi connectivity index (χ1v) is 6.08. The SMILES string of the molecule is CCOC(=O)c1csc(-c2ccnc(Cl)n2)n1. The minimum absolute atomic E-state index is 0.149. The maximum Gasteiger partial charge on any atom is 0.357 e. The summed E-state index contributed by atoms with van der Waals surface area (Å²) in [6.07, 6.45) is 1.54. The van der Waals surface area contributed by atoms with E-state index in [4.69, 9.17) is 16.3 Å². The second-order valence-corrected chi connectivity index (χ2v) is 4.17. The lowest BCUT2D eigenvalue weighted by atomic mass is 10.4. The quantitative estimate of drug-likeness (QED) is 0.632. The van der Waals surface area contributed by atoms with E-state index in [1.807, 2.05) is 0 Å². The van der Waals surface area contributed by atoms with Crippen LogP contribution < -0.4 is 0 Å². The number of halogens is 1. The first-order valence-electron chi connectivity index (χ1n) is 4.82. The van der Waals surface area contributed by atoms with Gasteiger partial charge >= 0.3 is 5.97 Å². The molecule has 2 aromatic heterocycles. The predicted molar refractivity (Wildman–Crippen MR) is 64.1 cm³/mol. The second kappa shape index (κ2) is 5.20. The summed E-state index contributed by atoms with van der Waals surface area (Å²) in [6, 6.07) is 1.68. The van der Waals surface area contributed by atoms with Crippen LogP contribution in [0.3, 0.4) is 0 Å². The summed E-state index contributed by atoms with van der Waals surface area (Å²) in [5.74, 6) is -0.435. The number of carbonyl (C=O) groups is 1. The van der Waals surface area contributed by atoms with E-state index >= 15 is 0 Å². The first-order chi connectivity index (χ1) is 8.20. The molecule has 0 N–H and O–H groups in total. The lowest BCUT2D eigenvalue weighted by Crippen LogP contribution is -2.04. The van der Waals surface area contributed by atoms with Crippen LogP contribution in [0.5, 0.6) is 0 Å². The number of hydrogen-bond donors (Lipinski definition) is 0. The van der Waals surface area contributed by atoms with Crippen molar-refractivity contribution in [3.63, 3.8) is 0 Å². The van der Waals surface area contributed by atoms with Gasteiger partial charge in [-0.15, -0.1) is 11.3 Å². The van der Waals surface area contributed by atoms with Crippen LogP contribution in [-0.2, 0) is 4.74 Å². The van der Waals surface area contributed by atoms with E-state index < -0.39 is 5.97 Å². The molecule has 0 amide bonds. The summed E-state index contributed by atoms with van der Waals surface area (Å²) in [5, 5.41) is 2.39. The molecule has 0 aliphatic heterocycles. The maximum absolute atomic E-state index is 11.4. The average Bonchev–Trinajstić information content (AvgIpc) is 2.78. The van der Waals surface area contributed by atoms with Crippen LogP contribution in [-0.4, -0.2) is 27.5 Å². The molecule has 7 heteroatoms. The molecule has 2 aromatic rings. The summed E-state index contributed by atoms with van der Waals surface area (Å²) in [7, 11) is 0. The van der Waals surface area contributed by atoms with E-state index in [2.05, 4.69) is 15.0 Å². The van der Waals surface area contributed by atoms with Crippen molar-refractivity contribution in [1.29, 1.82) is 0 Å². The molecule has 0 aliphatic rings. The Balaban J connectivity index is 2.27. The highest BCUT2D eigenvalue weighted by atomic mass is 35.5. The summed E-state index contributed by atoms with van der Waals surface area (Å²) >= 11 is 6.98. The zero-order chi connectivity index (χ0) is 12.3. The lowest BCUT2D eigenvalue weighted by molar-refractivity contribution is 0.0520. The fourth-order valence-corrected chi connectivity index (χ4v) is 2.05. The zero-order valence-electron chi connectivity index (χ0n) is 8.88. The van der Waals surface area contributed by atoms with E-state index in [9.17, 15) is 4.79 Å². The van der Waals surface area contributed by atoms with Gasteiger partial charge in [0.05, 0.1) is 6.61 Å². The molecule has 17 heavy (non-hydrogen) atoms. The van der Waals surface area contributed by atoms with Crippen molar-refractivity contribution in [2.75, 3.05) is 6.61 Å². The number of thiazole rings is 1. The van der Waals surface area contributed by atoms with Crippen LogP contribution in [0.15, 0.2) is 17.6 Å². The first kappa shape index (κ1) is 11.9. The fourth-order valence-electron chi connectivity index (χ4n) is 1.14. The van der Waals surface area contributed by atoms with Gasteiger partial charge < -0.3 is 4.74 Å². The van der Waals surface area contributed by atoms with Crippen molar-refractivity contribution in [3.8, 4) is 10.7 Å². The van der Waals surface area contributed by atoms with Gasteiger partial charge in [-0.25, -0.2) is 19.7 Å². The Morgan fingerprint density at radius 3 is 3.06 bits per heavy atom. The molecule has 0 bridgehead atoms. The van der Waals surface area contributed by atoms with Crippen LogP contribution in [0.1, 0.15) is 17.4 Å². The van der Waals surface area contributed by atoms with Crippen LogP contribution >= 0.6 is 22.9 Å². The minimum Gasteiger partial charge on any atom is -0.461 e. The highest BCUT2D eigenvalue weighted by Crippen LogP contribution is 2.22. The third-order valence-corrected chi connectivity index (χ3v) is 2.88. The van der Waals surface area contributed by atoms with Gasteiger partial charge in [0.15, 0.2) is 5.69 Å². The molecule has 0 fully saturated rings. The van der Waals surface area contributed by atoms with E-state index in [1.54, 1.807) is 18.4 Å². The molecular formula is C10H8ClN3O2S. The monoisotopic (exact) mass is 269 g/mol. The van der Waals surface area contributed by atoms with Crippen LogP contribution in [0.2, 0.25) is 5.28 Å². The summed E-state index contributed by atoms with van der Waals surface area (Å²) < 4.78 is 4.85. The summed E-state index contributed by atoms with van der Waals surface area (Å²) in [6.45, 7) is 2.07. The third-order valence-electron chi connectivity index (χ3n) is 1.83. The van der Waals surface area contributed by atoms with E-state index in [-0.39, 0.29) is 11.0 Å². The lowest BCUT2D eigenvalue weighted by Gasteiger charge is -1.96. The molecule has 0 saturated carbocycles. The standard InChI is InChI=1S/C10H8ClN3O2S/c1-2-16-9(15)7-5-17-8(13-7)6-3-4-12-10(11)14-6/h3-5H,2H2,1H3. The topological polar surface area (TPSA) is 65.0 Å². The number of rotatable bonds is 3. The van der Waals surface area contributed by atoms with Crippen molar-refractivity contribution in [2.45, 2.75) is 6.92 Å². The Bertz CT molecular complexity index is 544. The molecule has 0 unspecified atom stereocenters. The number of nitrogens with zero attached hydrogens (tertiary/aromatic N) is 3. The number of carbonyl (C=O) groups excluding carboxylic acids is 1. The van der Waals surface area contributed by atoms with Crippen molar-refractivity contribution in [2.24, 2.45) is 0 Å². The Labute approximate surface area is 106 Å². The third kappa shape index (κ3) is 2.78. The maximum atomic E-state index is 11.4. The van der Waals surface area contributed by atoms with Crippen LogP contribution in [0.25, 0.3) is 10.7 Å². The van der Waals surface area contributed by atoms with Gasteiger partial charge in [0.1, 0.15) is 10.7 Å². The molecule has 0 atom stereocenters. The molecule has 2 heterocycles. The molecule has 0 saturated heterocycles. The Hall–Kier alpha value is -1.53. The van der Waals surface area contributed by atoms with E-state index in [1.165, 1.54) is 17.5 Å². The zero-order valence-corrected chi connectivity index (χ0v) is 10.5. The highest BCUT2D eigenvalue weighted by molar-refractivity contribution is 7.13. The number of ether oxygens (including phenoxy) is 1. The summed E-state index contributed by atoms with van der Waals surface area (Å²) in [4.78, 5) is 23.3. The van der Waals surface area contributed by atoms with Crippen molar-refractivity contribution in [1.82, 2.24) is 15.0 Å². The molecule has 0 radical (unpaired) electrons. The smallest absolute Gasteiger partial charge is 0.357 e. The van der Waals surface area contributed by atoms with Crippen LogP contribution in [0.4, 0.5) is 0 Å². The average molecular weight is 270 g/mol.